The molecule has 5 heteroatoms. The minimum atomic E-state index is 0.462. The van der Waals surface area contributed by atoms with Crippen LogP contribution in [0.3, 0.4) is 0 Å². The Hall–Kier alpha value is -1.81. The monoisotopic (exact) mass is 263 g/mol. The minimum Gasteiger partial charge on any atom is -0.437 e. The molecule has 0 unspecified atom stereocenters. The topological polar surface area (TPSA) is 61.0 Å². The number of nitrogens with zero attached hydrogens (tertiary/aromatic N) is 2. The van der Waals surface area contributed by atoms with E-state index < -0.39 is 0 Å². The lowest BCUT2D eigenvalue weighted by molar-refractivity contribution is 0.459. The minimum absolute atomic E-state index is 0.462. The van der Waals surface area contributed by atoms with E-state index in [1.807, 2.05) is 13.8 Å². The summed E-state index contributed by atoms with van der Waals surface area (Å²) in [6.07, 6.45) is 0.829. The van der Waals surface area contributed by atoms with Gasteiger partial charge in [0.05, 0.1) is 5.02 Å². The average molecular weight is 264 g/mol. The molecule has 0 saturated heterocycles. The van der Waals surface area contributed by atoms with Crippen molar-refractivity contribution >= 4 is 17.3 Å². The second-order valence-corrected chi connectivity index (χ2v) is 4.30. The van der Waals surface area contributed by atoms with Crippen LogP contribution in [0.5, 0.6) is 11.6 Å². The summed E-state index contributed by atoms with van der Waals surface area (Å²) in [4.78, 5) is 8.50. The molecule has 94 valence electrons. The maximum absolute atomic E-state index is 6.04. The molecule has 2 aromatic rings. The van der Waals surface area contributed by atoms with Crippen molar-refractivity contribution in [1.82, 2.24) is 9.97 Å². The molecule has 0 radical (unpaired) electrons. The standard InChI is InChI=1S/C13H14ClN3O/c1-3-10-7-13(17-8(2)16-10)18-12-5-4-9(15)6-11(12)14/h4-7H,3,15H2,1-2H3. The van der Waals surface area contributed by atoms with E-state index in [9.17, 15) is 0 Å². The number of aromatic nitrogens is 2. The fraction of sp³-hybridized carbons (Fsp3) is 0.231. The zero-order chi connectivity index (χ0) is 13.1. The number of rotatable bonds is 3. The van der Waals surface area contributed by atoms with Gasteiger partial charge in [-0.1, -0.05) is 18.5 Å². The number of ether oxygens (including phenoxy) is 1. The molecule has 0 bridgehead atoms. The molecular formula is C13H14ClN3O. The Kier molecular flexibility index (Phi) is 3.67. The van der Waals surface area contributed by atoms with Gasteiger partial charge in [-0.15, -0.1) is 0 Å². The molecule has 4 nitrogen and oxygen atoms in total. The third kappa shape index (κ3) is 2.90. The van der Waals surface area contributed by atoms with E-state index in [1.165, 1.54) is 0 Å². The van der Waals surface area contributed by atoms with Gasteiger partial charge in [0.15, 0.2) is 0 Å². The fourth-order valence-corrected chi connectivity index (χ4v) is 1.77. The Morgan fingerprint density at radius 1 is 1.28 bits per heavy atom. The maximum Gasteiger partial charge on any atom is 0.222 e. The molecule has 0 aliphatic rings. The van der Waals surface area contributed by atoms with Crippen molar-refractivity contribution in [1.29, 1.82) is 0 Å². The first kappa shape index (κ1) is 12.6. The molecule has 0 saturated carbocycles. The molecule has 18 heavy (non-hydrogen) atoms. The number of anilines is 1. The second-order valence-electron chi connectivity index (χ2n) is 3.89. The molecule has 1 heterocycles. The summed E-state index contributed by atoms with van der Waals surface area (Å²) in [5, 5.41) is 0.462. The van der Waals surface area contributed by atoms with Crippen LogP contribution in [0.1, 0.15) is 18.4 Å². The highest BCUT2D eigenvalue weighted by molar-refractivity contribution is 6.32. The Balaban J connectivity index is 2.30. The number of hydrogen-bond donors (Lipinski definition) is 1. The molecule has 2 rings (SSSR count). The first-order valence-corrected chi connectivity index (χ1v) is 6.03. The van der Waals surface area contributed by atoms with Gasteiger partial charge in [0, 0.05) is 17.4 Å². The SMILES string of the molecule is CCc1cc(Oc2ccc(N)cc2Cl)nc(C)n1. The Morgan fingerprint density at radius 2 is 2.06 bits per heavy atom. The van der Waals surface area contributed by atoms with E-state index in [2.05, 4.69) is 9.97 Å². The van der Waals surface area contributed by atoms with Crippen LogP contribution in [-0.2, 0) is 6.42 Å². The third-order valence-corrected chi connectivity index (χ3v) is 2.70. The summed E-state index contributed by atoms with van der Waals surface area (Å²) >= 11 is 6.04. The maximum atomic E-state index is 6.04. The van der Waals surface area contributed by atoms with E-state index in [4.69, 9.17) is 22.1 Å². The van der Waals surface area contributed by atoms with Crippen LogP contribution in [0.25, 0.3) is 0 Å². The lowest BCUT2D eigenvalue weighted by Crippen LogP contribution is -1.97. The molecule has 0 fully saturated rings. The summed E-state index contributed by atoms with van der Waals surface area (Å²) in [5.41, 5.74) is 7.16. The number of hydrogen-bond acceptors (Lipinski definition) is 4. The molecule has 0 spiro atoms. The van der Waals surface area contributed by atoms with Crippen LogP contribution in [-0.4, -0.2) is 9.97 Å². The van der Waals surface area contributed by atoms with Gasteiger partial charge in [-0.2, -0.15) is 4.98 Å². The lowest BCUT2D eigenvalue weighted by atomic mass is 10.3. The molecule has 1 aromatic carbocycles. The van der Waals surface area contributed by atoms with Crippen LogP contribution in [0.2, 0.25) is 5.02 Å². The summed E-state index contributed by atoms with van der Waals surface area (Å²) in [7, 11) is 0. The zero-order valence-electron chi connectivity index (χ0n) is 10.3. The van der Waals surface area contributed by atoms with Crippen molar-refractivity contribution < 1.29 is 4.74 Å². The summed E-state index contributed by atoms with van der Waals surface area (Å²) < 4.78 is 5.65. The molecule has 0 amide bonds. The number of halogens is 1. The number of nitrogens with two attached hydrogens (primary N) is 1. The van der Waals surface area contributed by atoms with E-state index in [0.29, 0.717) is 28.2 Å². The highest BCUT2D eigenvalue weighted by Crippen LogP contribution is 2.30. The molecule has 0 aliphatic carbocycles. The van der Waals surface area contributed by atoms with Crippen LogP contribution in [0, 0.1) is 6.92 Å². The van der Waals surface area contributed by atoms with Crippen LogP contribution < -0.4 is 10.5 Å². The normalized spacial score (nSPS) is 10.4. The van der Waals surface area contributed by atoms with Gasteiger partial charge in [0.25, 0.3) is 0 Å². The van der Waals surface area contributed by atoms with E-state index in [1.54, 1.807) is 24.3 Å². The summed E-state index contributed by atoms with van der Waals surface area (Å²) in [6.45, 7) is 3.86. The van der Waals surface area contributed by atoms with Crippen molar-refractivity contribution in [2.45, 2.75) is 20.3 Å². The largest absolute Gasteiger partial charge is 0.437 e. The Bertz CT molecular complexity index is 572. The highest BCUT2D eigenvalue weighted by atomic mass is 35.5. The Morgan fingerprint density at radius 3 is 2.72 bits per heavy atom. The molecule has 0 aliphatic heterocycles. The smallest absolute Gasteiger partial charge is 0.222 e. The van der Waals surface area contributed by atoms with E-state index >= 15 is 0 Å². The summed E-state index contributed by atoms with van der Waals surface area (Å²) in [6, 6.07) is 6.90. The predicted octanol–water partition coefficient (Wildman–Crippen LogP) is 3.38. The van der Waals surface area contributed by atoms with Gasteiger partial charge in [-0.25, -0.2) is 4.98 Å². The Labute approximate surface area is 111 Å². The third-order valence-electron chi connectivity index (χ3n) is 2.40. The van der Waals surface area contributed by atoms with Crippen molar-refractivity contribution in [3.05, 3.63) is 40.8 Å². The number of aryl methyl sites for hydroxylation is 2. The van der Waals surface area contributed by atoms with Gasteiger partial charge >= 0.3 is 0 Å². The molecule has 2 N–H and O–H groups in total. The van der Waals surface area contributed by atoms with Crippen LogP contribution in [0.15, 0.2) is 24.3 Å². The number of nitrogen functional groups attached to an aromatic ring is 1. The van der Waals surface area contributed by atoms with Gasteiger partial charge in [0.1, 0.15) is 11.6 Å². The lowest BCUT2D eigenvalue weighted by Gasteiger charge is -2.08. The predicted molar refractivity (Wildman–Crippen MR) is 72.1 cm³/mol. The fourth-order valence-electron chi connectivity index (χ4n) is 1.55. The zero-order valence-corrected chi connectivity index (χ0v) is 11.0. The first-order valence-electron chi connectivity index (χ1n) is 5.66. The van der Waals surface area contributed by atoms with E-state index in [0.717, 1.165) is 12.1 Å². The van der Waals surface area contributed by atoms with Crippen LogP contribution >= 0.6 is 11.6 Å². The summed E-state index contributed by atoms with van der Waals surface area (Å²) in [5.74, 6) is 1.70. The highest BCUT2D eigenvalue weighted by Gasteiger charge is 2.06. The first-order chi connectivity index (χ1) is 8.58. The van der Waals surface area contributed by atoms with Gasteiger partial charge < -0.3 is 10.5 Å². The second kappa shape index (κ2) is 5.23. The quantitative estimate of drug-likeness (QED) is 0.863. The van der Waals surface area contributed by atoms with Crippen molar-refractivity contribution in [2.75, 3.05) is 5.73 Å². The molecule has 1 aromatic heterocycles. The van der Waals surface area contributed by atoms with Gasteiger partial charge in [-0.3, -0.25) is 0 Å². The average Bonchev–Trinajstić information content (AvgIpc) is 2.32. The van der Waals surface area contributed by atoms with E-state index in [-0.39, 0.29) is 0 Å². The van der Waals surface area contributed by atoms with Crippen molar-refractivity contribution in [3.8, 4) is 11.6 Å². The van der Waals surface area contributed by atoms with Crippen molar-refractivity contribution in [3.63, 3.8) is 0 Å². The molecule has 0 atom stereocenters. The van der Waals surface area contributed by atoms with Gasteiger partial charge in [0.2, 0.25) is 5.88 Å². The van der Waals surface area contributed by atoms with Crippen LogP contribution in [0.4, 0.5) is 5.69 Å². The van der Waals surface area contributed by atoms with Gasteiger partial charge in [-0.05, 0) is 31.5 Å². The molecular weight excluding hydrogens is 250 g/mol. The number of benzene rings is 1. The van der Waals surface area contributed by atoms with Crippen molar-refractivity contribution in [2.24, 2.45) is 0 Å².